The Morgan fingerprint density at radius 1 is 0.857 bits per heavy atom. The average molecular weight is 573 g/mol. The molecule has 42 heavy (non-hydrogen) atoms. The van der Waals surface area contributed by atoms with Crippen LogP contribution in [0.4, 0.5) is 41.7 Å². The Hall–Kier alpha value is -5.32. The smallest absolute Gasteiger partial charge is 0.378 e. The number of amides is 2. The molecule has 1 aliphatic heterocycles. The Balaban J connectivity index is 1.32. The standard InChI is InChI=1S/C31H27F3N6O2/c1-18-10-11-22(38-29(41)19-6-4-7-20(14-19)31(32,33)34)16-26(18)39-30(42)25-13-12-24-27(25)35-17-36-28(24)37-21-8-5-9-23(15-21)40(2)3/h4-17,37H,1-3H3,(H,35,36)(H,38,41)(H,39,42). The highest BCUT2D eigenvalue weighted by molar-refractivity contribution is 6.11. The molecule has 214 valence electrons. The molecule has 3 aromatic carbocycles. The van der Waals surface area contributed by atoms with Crippen molar-refractivity contribution in [1.82, 2.24) is 9.97 Å². The number of hydrogen-bond acceptors (Lipinski definition) is 5. The summed E-state index contributed by atoms with van der Waals surface area (Å²) in [5, 5.41) is 8.78. The zero-order valence-electron chi connectivity index (χ0n) is 22.9. The molecular formula is C31H27F3N6O2. The number of carbonyl (C=O) groups is 2. The van der Waals surface area contributed by atoms with Crippen LogP contribution in [0, 0.1) is 6.92 Å². The van der Waals surface area contributed by atoms with Crippen molar-refractivity contribution in [3.63, 3.8) is 0 Å². The largest absolute Gasteiger partial charge is 0.416 e. The maximum atomic E-state index is 13.3. The number of H-pyrrole nitrogens is 1. The number of rotatable bonds is 7. The first-order valence-electron chi connectivity index (χ1n) is 12.9. The molecule has 3 aromatic rings. The van der Waals surface area contributed by atoms with Crippen LogP contribution in [-0.2, 0) is 6.18 Å². The highest BCUT2D eigenvalue weighted by Crippen LogP contribution is 2.34. The number of carbonyl (C=O) groups excluding carboxylic acids is 2. The van der Waals surface area contributed by atoms with Crippen LogP contribution in [0.15, 0.2) is 85.2 Å². The van der Waals surface area contributed by atoms with Crippen LogP contribution >= 0.6 is 0 Å². The molecule has 0 atom stereocenters. The number of fused-ring (bicyclic) bond motifs is 1. The van der Waals surface area contributed by atoms with Gasteiger partial charge < -0.3 is 25.8 Å². The maximum absolute atomic E-state index is 13.3. The van der Waals surface area contributed by atoms with Gasteiger partial charge in [0.05, 0.1) is 23.1 Å². The Labute approximate surface area is 239 Å². The van der Waals surface area contributed by atoms with Gasteiger partial charge in [0.1, 0.15) is 5.82 Å². The van der Waals surface area contributed by atoms with Gasteiger partial charge >= 0.3 is 6.18 Å². The minimum atomic E-state index is -4.57. The average Bonchev–Trinajstić information content (AvgIpc) is 3.40. The molecule has 0 saturated carbocycles. The van der Waals surface area contributed by atoms with Gasteiger partial charge in [-0.1, -0.05) is 18.2 Å². The first-order chi connectivity index (χ1) is 20.0. The number of hydrogen-bond donors (Lipinski definition) is 4. The third-order valence-electron chi connectivity index (χ3n) is 6.68. The van der Waals surface area contributed by atoms with E-state index in [0.29, 0.717) is 28.5 Å². The molecule has 0 fully saturated rings. The zero-order valence-corrected chi connectivity index (χ0v) is 22.9. The minimum Gasteiger partial charge on any atom is -0.378 e. The van der Waals surface area contributed by atoms with E-state index in [1.54, 1.807) is 37.3 Å². The summed E-state index contributed by atoms with van der Waals surface area (Å²) in [7, 11) is 3.91. The summed E-state index contributed by atoms with van der Waals surface area (Å²) < 4.78 is 39.2. The predicted molar refractivity (Wildman–Crippen MR) is 158 cm³/mol. The van der Waals surface area contributed by atoms with E-state index in [0.717, 1.165) is 34.6 Å². The molecule has 0 bridgehead atoms. The van der Waals surface area contributed by atoms with Crippen molar-refractivity contribution in [2.75, 3.05) is 34.9 Å². The number of nitrogens with zero attached hydrogens (tertiary/aromatic N) is 2. The van der Waals surface area contributed by atoms with Crippen molar-refractivity contribution >= 4 is 40.4 Å². The lowest BCUT2D eigenvalue weighted by Crippen LogP contribution is -2.16. The number of nitrogens with one attached hydrogen (secondary N) is 4. The van der Waals surface area contributed by atoms with E-state index in [4.69, 9.17) is 0 Å². The first kappa shape index (κ1) is 28.2. The summed E-state index contributed by atoms with van der Waals surface area (Å²) in [6.45, 7) is 1.79. The van der Waals surface area contributed by atoms with Crippen LogP contribution in [0.5, 0.6) is 0 Å². The third-order valence-corrected chi connectivity index (χ3v) is 6.68. The van der Waals surface area contributed by atoms with E-state index in [9.17, 15) is 22.8 Å². The molecule has 0 radical (unpaired) electrons. The number of halogens is 3. The molecule has 0 aromatic heterocycles. The van der Waals surface area contributed by atoms with Gasteiger partial charge in [-0.05, 0) is 73.2 Å². The van der Waals surface area contributed by atoms with Crippen molar-refractivity contribution in [2.45, 2.75) is 13.1 Å². The van der Waals surface area contributed by atoms with E-state index < -0.39 is 23.6 Å². The fourth-order valence-corrected chi connectivity index (χ4v) is 4.41. The maximum Gasteiger partial charge on any atom is 0.416 e. The molecule has 1 aliphatic carbocycles. The Morgan fingerprint density at radius 2 is 1.64 bits per heavy atom. The van der Waals surface area contributed by atoms with Crippen molar-refractivity contribution in [3.05, 3.63) is 107 Å². The van der Waals surface area contributed by atoms with Crippen molar-refractivity contribution in [1.29, 1.82) is 0 Å². The molecule has 2 aliphatic rings. The van der Waals surface area contributed by atoms with Crippen LogP contribution in [0.2, 0.25) is 0 Å². The molecule has 11 heteroatoms. The van der Waals surface area contributed by atoms with Gasteiger partial charge in [-0.25, -0.2) is 4.98 Å². The Kier molecular flexibility index (Phi) is 7.58. The molecule has 5 rings (SSSR count). The fraction of sp³-hybridized carbons (Fsp3) is 0.129. The van der Waals surface area contributed by atoms with Gasteiger partial charge in [0.2, 0.25) is 0 Å². The topological polar surface area (TPSA) is 102 Å². The molecule has 8 nitrogen and oxygen atoms in total. The van der Waals surface area contributed by atoms with Gasteiger partial charge in [-0.3, -0.25) is 9.59 Å². The van der Waals surface area contributed by atoms with E-state index in [1.807, 2.05) is 43.3 Å². The first-order valence-corrected chi connectivity index (χ1v) is 12.9. The summed E-state index contributed by atoms with van der Waals surface area (Å²) in [5.74, 6) is -0.519. The van der Waals surface area contributed by atoms with Crippen LogP contribution in [0.1, 0.15) is 31.8 Å². The fourth-order valence-electron chi connectivity index (χ4n) is 4.41. The molecule has 4 N–H and O–H groups in total. The molecule has 0 spiro atoms. The van der Waals surface area contributed by atoms with Crippen LogP contribution in [0.3, 0.4) is 0 Å². The second-order valence-electron chi connectivity index (χ2n) is 9.87. The second-order valence-corrected chi connectivity index (χ2v) is 9.87. The van der Waals surface area contributed by atoms with Gasteiger partial charge in [-0.15, -0.1) is 0 Å². The van der Waals surface area contributed by atoms with Gasteiger partial charge in [0.25, 0.3) is 11.8 Å². The predicted octanol–water partition coefficient (Wildman–Crippen LogP) is 7.16. The lowest BCUT2D eigenvalue weighted by Gasteiger charge is -2.16. The van der Waals surface area contributed by atoms with Gasteiger partial charge in [0, 0.05) is 48.0 Å². The lowest BCUT2D eigenvalue weighted by atomic mass is 10.1. The SMILES string of the molecule is Cc1ccc(NC(=O)c2cccc(C(F)(F)F)c2)cc1NC(=O)c1ccc2c(Nc3cccc(N(C)C)c3)nc[nH]c1-2. The van der Waals surface area contributed by atoms with Crippen LogP contribution < -0.4 is 20.9 Å². The number of aromatic amines is 1. The Bertz CT molecular complexity index is 1740. The molecule has 1 heterocycles. The van der Waals surface area contributed by atoms with Crippen molar-refractivity contribution in [2.24, 2.45) is 0 Å². The quantitative estimate of drug-likeness (QED) is 0.166. The number of aromatic nitrogens is 2. The highest BCUT2D eigenvalue weighted by atomic mass is 19.4. The third kappa shape index (κ3) is 6.04. The second kappa shape index (κ2) is 11.3. The van der Waals surface area contributed by atoms with E-state index >= 15 is 0 Å². The van der Waals surface area contributed by atoms with E-state index in [1.165, 1.54) is 18.5 Å². The van der Waals surface area contributed by atoms with E-state index in [-0.39, 0.29) is 5.56 Å². The highest BCUT2D eigenvalue weighted by Gasteiger charge is 2.31. The number of aryl methyl sites for hydroxylation is 1. The summed E-state index contributed by atoms with van der Waals surface area (Å²) in [4.78, 5) is 35.5. The summed E-state index contributed by atoms with van der Waals surface area (Å²) in [6.07, 6.45) is -3.06. The van der Waals surface area contributed by atoms with Crippen LogP contribution in [-0.4, -0.2) is 35.9 Å². The summed E-state index contributed by atoms with van der Waals surface area (Å²) >= 11 is 0. The number of anilines is 5. The zero-order chi connectivity index (χ0) is 30.0. The van der Waals surface area contributed by atoms with Crippen molar-refractivity contribution in [3.8, 4) is 11.3 Å². The minimum absolute atomic E-state index is 0.138. The normalized spacial score (nSPS) is 11.3. The summed E-state index contributed by atoms with van der Waals surface area (Å²) in [6, 6.07) is 20.4. The van der Waals surface area contributed by atoms with Crippen LogP contribution in [0.25, 0.3) is 11.3 Å². The Morgan fingerprint density at radius 3 is 2.40 bits per heavy atom. The lowest BCUT2D eigenvalue weighted by molar-refractivity contribution is -0.137. The molecule has 0 unspecified atom stereocenters. The number of alkyl halides is 3. The van der Waals surface area contributed by atoms with Gasteiger partial charge in [-0.2, -0.15) is 13.2 Å². The molecule has 0 saturated heterocycles. The van der Waals surface area contributed by atoms with Gasteiger partial charge in [0.15, 0.2) is 0 Å². The van der Waals surface area contributed by atoms with E-state index in [2.05, 4.69) is 25.9 Å². The molecule has 2 amide bonds. The van der Waals surface area contributed by atoms with Crippen molar-refractivity contribution < 1.29 is 22.8 Å². The molecular weight excluding hydrogens is 545 g/mol. The monoisotopic (exact) mass is 572 g/mol. The summed E-state index contributed by atoms with van der Waals surface area (Å²) in [5.41, 5.74) is 3.97. The number of benzene rings is 3.